The van der Waals surface area contributed by atoms with Gasteiger partial charge in [-0.05, 0) is 33.0 Å². The molecule has 0 aromatic carbocycles. The van der Waals surface area contributed by atoms with Gasteiger partial charge in [0.15, 0.2) is 0 Å². The topological polar surface area (TPSA) is 18.5 Å². The van der Waals surface area contributed by atoms with Crippen LogP contribution in [0.15, 0.2) is 0 Å². The van der Waals surface area contributed by atoms with Crippen molar-refractivity contribution in [1.82, 2.24) is 15.1 Å². The predicted molar refractivity (Wildman–Crippen MR) is 104 cm³/mol. The van der Waals surface area contributed by atoms with E-state index in [1.165, 1.54) is 121 Å². The van der Waals surface area contributed by atoms with Crippen molar-refractivity contribution < 1.29 is 4.48 Å². The molecule has 4 heteroatoms. The van der Waals surface area contributed by atoms with Gasteiger partial charge in [-0.2, -0.15) is 0 Å². The van der Waals surface area contributed by atoms with Crippen LogP contribution in [0.3, 0.4) is 0 Å². The van der Waals surface area contributed by atoms with E-state index >= 15 is 0 Å². The van der Waals surface area contributed by atoms with Gasteiger partial charge in [0.2, 0.25) is 0 Å². The molecule has 0 amide bonds. The van der Waals surface area contributed by atoms with Gasteiger partial charge in [-0.15, -0.1) is 0 Å². The molecule has 2 unspecified atom stereocenters. The average Bonchev–Trinajstić information content (AvgIpc) is 3.02. The molecule has 0 radical (unpaired) electrons. The first-order valence-electron chi connectivity index (χ1n) is 10.7. The maximum atomic E-state index is 3.33. The third kappa shape index (κ3) is 6.99. The summed E-state index contributed by atoms with van der Waals surface area (Å²) in [6.07, 6.45) is 11.2. The molecule has 142 valence electrons. The van der Waals surface area contributed by atoms with Gasteiger partial charge >= 0.3 is 0 Å². The van der Waals surface area contributed by atoms with E-state index in [1.807, 2.05) is 0 Å². The Kier molecular flexibility index (Phi) is 9.62. The molecule has 4 nitrogen and oxygen atoms in total. The second-order valence-corrected chi connectivity index (χ2v) is 8.19. The second kappa shape index (κ2) is 11.5. The van der Waals surface area contributed by atoms with Crippen molar-refractivity contribution in [3.63, 3.8) is 0 Å². The van der Waals surface area contributed by atoms with Crippen LogP contribution in [-0.2, 0) is 0 Å². The predicted octanol–water partition coefficient (Wildman–Crippen LogP) is 2.75. The molecule has 2 fully saturated rings. The van der Waals surface area contributed by atoms with Crippen LogP contribution in [0.1, 0.15) is 58.3 Å². The van der Waals surface area contributed by atoms with E-state index in [2.05, 4.69) is 29.1 Å². The summed E-state index contributed by atoms with van der Waals surface area (Å²) in [6, 6.07) is 0. The molecule has 0 aliphatic carbocycles. The van der Waals surface area contributed by atoms with Gasteiger partial charge in [-0.25, -0.2) is 0 Å². The number of nitrogens with zero attached hydrogens (tertiary/aromatic N) is 3. The van der Waals surface area contributed by atoms with Gasteiger partial charge in [-0.3, -0.25) is 9.80 Å². The van der Waals surface area contributed by atoms with Gasteiger partial charge in [0.05, 0.1) is 26.2 Å². The SMILES string of the molecule is CCCCCCCCN1CCCN2CC[N+](CCCNC)(CC1)C2. The third-order valence-electron chi connectivity index (χ3n) is 6.12. The highest BCUT2D eigenvalue weighted by Crippen LogP contribution is 2.20. The summed E-state index contributed by atoms with van der Waals surface area (Å²) in [5.41, 5.74) is 0. The van der Waals surface area contributed by atoms with Crippen LogP contribution in [-0.4, -0.2) is 86.9 Å². The molecule has 1 N–H and O–H groups in total. The van der Waals surface area contributed by atoms with E-state index in [9.17, 15) is 0 Å². The zero-order valence-corrected chi connectivity index (χ0v) is 16.6. The van der Waals surface area contributed by atoms with Crippen molar-refractivity contribution in [3.05, 3.63) is 0 Å². The maximum Gasteiger partial charge on any atom is 0.135 e. The fraction of sp³-hybridized carbons (Fsp3) is 1.00. The molecule has 2 saturated heterocycles. The minimum Gasteiger partial charge on any atom is -0.320 e. The average molecular weight is 340 g/mol. The quantitative estimate of drug-likeness (QED) is 0.461. The molecular weight excluding hydrogens is 296 g/mol. The van der Waals surface area contributed by atoms with Crippen LogP contribution in [0, 0.1) is 0 Å². The summed E-state index contributed by atoms with van der Waals surface area (Å²) >= 11 is 0. The van der Waals surface area contributed by atoms with Gasteiger partial charge < -0.3 is 9.80 Å². The van der Waals surface area contributed by atoms with E-state index < -0.39 is 0 Å². The maximum absolute atomic E-state index is 3.33. The number of rotatable bonds is 11. The van der Waals surface area contributed by atoms with Crippen LogP contribution in [0.25, 0.3) is 0 Å². The standard InChI is InChI=1S/C20H43N4/c1-3-4-5-6-7-8-12-22-13-10-14-23-16-19-24(20-23,18-15-22)17-9-11-21-2/h21H,3-20H2,1-2H3/q+1. The molecule has 2 bridgehead atoms. The zero-order valence-electron chi connectivity index (χ0n) is 16.6. The molecule has 2 rings (SSSR count). The highest BCUT2D eigenvalue weighted by molar-refractivity contribution is 4.69. The van der Waals surface area contributed by atoms with Crippen molar-refractivity contribution in [3.8, 4) is 0 Å². The lowest BCUT2D eigenvalue weighted by atomic mass is 10.1. The van der Waals surface area contributed by atoms with Crippen molar-refractivity contribution in [2.45, 2.75) is 58.3 Å². The summed E-state index contributed by atoms with van der Waals surface area (Å²) in [5.74, 6) is 0. The first-order chi connectivity index (χ1) is 11.8. The number of unbranched alkanes of at least 4 members (excludes halogenated alkanes) is 5. The molecule has 2 aliphatic heterocycles. The largest absolute Gasteiger partial charge is 0.320 e. The molecule has 2 atom stereocenters. The van der Waals surface area contributed by atoms with Crippen LogP contribution < -0.4 is 5.32 Å². The van der Waals surface area contributed by atoms with Gasteiger partial charge in [-0.1, -0.05) is 39.0 Å². The first kappa shape index (κ1) is 20.2. The normalized spacial score (nSPS) is 28.5. The number of nitrogens with one attached hydrogen (secondary N) is 1. The minimum absolute atomic E-state index is 1.17. The Labute approximate surface area is 151 Å². The summed E-state index contributed by atoms with van der Waals surface area (Å²) in [7, 11) is 2.08. The Balaban J connectivity index is 1.73. The molecule has 0 spiro atoms. The Morgan fingerprint density at radius 2 is 1.67 bits per heavy atom. The van der Waals surface area contributed by atoms with Crippen LogP contribution >= 0.6 is 0 Å². The number of fused-ring (bicyclic) bond motifs is 2. The van der Waals surface area contributed by atoms with E-state index in [0.29, 0.717) is 0 Å². The van der Waals surface area contributed by atoms with Crippen LogP contribution in [0.2, 0.25) is 0 Å². The highest BCUT2D eigenvalue weighted by Gasteiger charge is 2.36. The van der Waals surface area contributed by atoms with E-state index in [-0.39, 0.29) is 0 Å². The van der Waals surface area contributed by atoms with Crippen LogP contribution in [0.4, 0.5) is 0 Å². The molecule has 0 saturated carbocycles. The lowest BCUT2D eigenvalue weighted by Crippen LogP contribution is -2.51. The summed E-state index contributed by atoms with van der Waals surface area (Å²) in [5, 5.41) is 3.33. The molecular formula is C20H43N4+. The van der Waals surface area contributed by atoms with Crippen molar-refractivity contribution in [2.24, 2.45) is 0 Å². The number of quaternary nitrogens is 1. The molecule has 24 heavy (non-hydrogen) atoms. The smallest absolute Gasteiger partial charge is 0.135 e. The lowest BCUT2D eigenvalue weighted by molar-refractivity contribution is -0.920. The summed E-state index contributed by atoms with van der Waals surface area (Å²) in [4.78, 5) is 5.51. The Morgan fingerprint density at radius 3 is 2.50 bits per heavy atom. The van der Waals surface area contributed by atoms with E-state index in [0.717, 1.165) is 0 Å². The summed E-state index contributed by atoms with van der Waals surface area (Å²) in [6.45, 7) is 15.5. The van der Waals surface area contributed by atoms with Gasteiger partial charge in [0.1, 0.15) is 6.67 Å². The van der Waals surface area contributed by atoms with E-state index in [4.69, 9.17) is 0 Å². The van der Waals surface area contributed by atoms with Crippen molar-refractivity contribution in [1.29, 1.82) is 0 Å². The fourth-order valence-corrected chi connectivity index (χ4v) is 4.49. The highest BCUT2D eigenvalue weighted by atomic mass is 15.5. The molecule has 2 aliphatic rings. The zero-order chi connectivity index (χ0) is 17.1. The van der Waals surface area contributed by atoms with Gasteiger partial charge in [0, 0.05) is 26.1 Å². The molecule has 2 heterocycles. The lowest BCUT2D eigenvalue weighted by Gasteiger charge is -2.35. The van der Waals surface area contributed by atoms with Gasteiger partial charge in [0.25, 0.3) is 0 Å². The Morgan fingerprint density at radius 1 is 0.875 bits per heavy atom. The minimum atomic E-state index is 1.17. The third-order valence-corrected chi connectivity index (χ3v) is 6.12. The Hall–Kier alpha value is -0.160. The Bertz CT molecular complexity index is 323. The van der Waals surface area contributed by atoms with E-state index in [1.54, 1.807) is 0 Å². The summed E-state index contributed by atoms with van der Waals surface area (Å²) < 4.78 is 1.36. The monoisotopic (exact) mass is 339 g/mol. The molecule has 0 aromatic heterocycles. The van der Waals surface area contributed by atoms with Crippen LogP contribution in [0.5, 0.6) is 0 Å². The van der Waals surface area contributed by atoms with Crippen molar-refractivity contribution in [2.75, 3.05) is 72.6 Å². The number of hydrogen-bond donors (Lipinski definition) is 1. The molecule has 0 aromatic rings. The fourth-order valence-electron chi connectivity index (χ4n) is 4.49. The first-order valence-corrected chi connectivity index (χ1v) is 10.7. The van der Waals surface area contributed by atoms with Crippen molar-refractivity contribution >= 4 is 0 Å². The number of hydrogen-bond acceptors (Lipinski definition) is 3. The second-order valence-electron chi connectivity index (χ2n) is 8.19.